The second-order valence-electron chi connectivity index (χ2n) is 6.01. The van der Waals surface area contributed by atoms with Crippen LogP contribution in [-0.2, 0) is 12.8 Å². The molecular formula is C16H23N5. The van der Waals surface area contributed by atoms with Crippen LogP contribution in [0.5, 0.6) is 0 Å². The van der Waals surface area contributed by atoms with Crippen LogP contribution in [0, 0.1) is 11.3 Å². The molecule has 5 nitrogen and oxygen atoms in total. The van der Waals surface area contributed by atoms with Gasteiger partial charge in [-0.2, -0.15) is 5.26 Å². The number of hydrogen-bond acceptors (Lipinski definition) is 5. The largest absolute Gasteiger partial charge is 0.354 e. The molecule has 112 valence electrons. The number of hydrogen-bond donors (Lipinski definition) is 0. The summed E-state index contributed by atoms with van der Waals surface area (Å²) in [5.74, 6) is 1.14. The Labute approximate surface area is 126 Å². The van der Waals surface area contributed by atoms with Crippen LogP contribution < -0.4 is 4.90 Å². The fourth-order valence-corrected chi connectivity index (χ4v) is 3.36. The van der Waals surface area contributed by atoms with Gasteiger partial charge in [-0.15, -0.1) is 0 Å². The number of piperazine rings is 1. The van der Waals surface area contributed by atoms with Crippen molar-refractivity contribution < 1.29 is 0 Å². The third-order valence-electron chi connectivity index (χ3n) is 4.70. The molecule has 0 aromatic carbocycles. The van der Waals surface area contributed by atoms with E-state index in [9.17, 15) is 0 Å². The second kappa shape index (κ2) is 6.40. The first-order valence-electron chi connectivity index (χ1n) is 8.01. The molecule has 1 fully saturated rings. The Morgan fingerprint density at radius 2 is 1.86 bits per heavy atom. The van der Waals surface area contributed by atoms with Crippen LogP contribution in [-0.4, -0.2) is 47.1 Å². The molecule has 1 unspecified atom stereocenters. The minimum atomic E-state index is 0.00895. The minimum absolute atomic E-state index is 0.00895. The number of aryl methyl sites for hydroxylation is 1. The van der Waals surface area contributed by atoms with Gasteiger partial charge in [-0.05, 0) is 32.6 Å². The molecule has 0 N–H and O–H groups in total. The van der Waals surface area contributed by atoms with Crippen molar-refractivity contribution in [1.29, 1.82) is 5.26 Å². The van der Waals surface area contributed by atoms with E-state index in [-0.39, 0.29) is 6.04 Å². The van der Waals surface area contributed by atoms with Gasteiger partial charge in [0.05, 0.1) is 12.1 Å². The predicted octanol–water partition coefficient (Wildman–Crippen LogP) is 1.78. The summed E-state index contributed by atoms with van der Waals surface area (Å²) in [6.07, 6.45) is 7.72. The van der Waals surface area contributed by atoms with Crippen LogP contribution in [0.1, 0.15) is 37.4 Å². The zero-order valence-electron chi connectivity index (χ0n) is 12.8. The molecule has 0 bridgehead atoms. The van der Waals surface area contributed by atoms with Gasteiger partial charge in [-0.25, -0.2) is 9.97 Å². The van der Waals surface area contributed by atoms with E-state index < -0.39 is 0 Å². The van der Waals surface area contributed by atoms with Crippen molar-refractivity contribution in [3.05, 3.63) is 17.6 Å². The van der Waals surface area contributed by atoms with Crippen LogP contribution in [0.4, 0.5) is 5.82 Å². The smallest absolute Gasteiger partial charge is 0.135 e. The predicted molar refractivity (Wildman–Crippen MR) is 82.2 cm³/mol. The fraction of sp³-hybridized carbons (Fsp3) is 0.688. The third-order valence-corrected chi connectivity index (χ3v) is 4.70. The maximum absolute atomic E-state index is 9.03. The standard InChI is InChI=1S/C16H23N5/c1-13(11-17)20-7-9-21(10-8-20)16-14-5-3-2-4-6-15(14)18-12-19-16/h12-13H,2-10H2,1H3. The van der Waals surface area contributed by atoms with Crippen LogP contribution >= 0.6 is 0 Å². The first-order chi connectivity index (χ1) is 10.3. The Bertz CT molecular complexity index is 528. The summed E-state index contributed by atoms with van der Waals surface area (Å²) >= 11 is 0. The lowest BCUT2D eigenvalue weighted by Gasteiger charge is -2.37. The summed E-state index contributed by atoms with van der Waals surface area (Å²) in [5.41, 5.74) is 2.63. The van der Waals surface area contributed by atoms with E-state index in [1.54, 1.807) is 6.33 Å². The topological polar surface area (TPSA) is 56.1 Å². The molecule has 0 spiro atoms. The molecule has 1 aliphatic heterocycles. The van der Waals surface area contributed by atoms with E-state index in [0.29, 0.717) is 0 Å². The van der Waals surface area contributed by atoms with Crippen molar-refractivity contribution in [2.75, 3.05) is 31.1 Å². The number of aromatic nitrogens is 2. The summed E-state index contributed by atoms with van der Waals surface area (Å²) < 4.78 is 0. The van der Waals surface area contributed by atoms with Crippen molar-refractivity contribution in [2.45, 2.75) is 45.1 Å². The highest BCUT2D eigenvalue weighted by Crippen LogP contribution is 2.27. The first kappa shape index (κ1) is 14.3. The van der Waals surface area contributed by atoms with Crippen molar-refractivity contribution in [3.8, 4) is 6.07 Å². The van der Waals surface area contributed by atoms with Gasteiger partial charge in [-0.3, -0.25) is 4.90 Å². The number of anilines is 1. The highest BCUT2D eigenvalue weighted by atomic mass is 15.3. The molecule has 0 amide bonds. The van der Waals surface area contributed by atoms with E-state index in [1.807, 2.05) is 6.92 Å². The molecule has 3 rings (SSSR count). The fourth-order valence-electron chi connectivity index (χ4n) is 3.36. The maximum Gasteiger partial charge on any atom is 0.135 e. The lowest BCUT2D eigenvalue weighted by Crippen LogP contribution is -2.49. The lowest BCUT2D eigenvalue weighted by atomic mass is 10.1. The summed E-state index contributed by atoms with van der Waals surface area (Å²) in [4.78, 5) is 13.7. The monoisotopic (exact) mass is 285 g/mol. The van der Waals surface area contributed by atoms with Gasteiger partial charge < -0.3 is 4.90 Å². The van der Waals surface area contributed by atoms with E-state index >= 15 is 0 Å². The molecule has 1 aromatic heterocycles. The average molecular weight is 285 g/mol. The van der Waals surface area contributed by atoms with Gasteiger partial charge in [0.1, 0.15) is 12.1 Å². The molecule has 2 heterocycles. The molecule has 5 heteroatoms. The molecule has 1 atom stereocenters. The van der Waals surface area contributed by atoms with Gasteiger partial charge in [0.25, 0.3) is 0 Å². The Hall–Kier alpha value is -1.67. The van der Waals surface area contributed by atoms with Gasteiger partial charge >= 0.3 is 0 Å². The van der Waals surface area contributed by atoms with Gasteiger partial charge in [0.15, 0.2) is 0 Å². The normalized spacial score (nSPS) is 21.2. The SMILES string of the molecule is CC(C#N)N1CCN(c2ncnc3c2CCCCC3)CC1. The van der Waals surface area contributed by atoms with Crippen molar-refractivity contribution >= 4 is 5.82 Å². The molecule has 0 radical (unpaired) electrons. The summed E-state index contributed by atoms with van der Waals surface area (Å²) in [5, 5.41) is 9.03. The average Bonchev–Trinajstić information content (AvgIpc) is 2.79. The Morgan fingerprint density at radius 3 is 2.62 bits per heavy atom. The summed E-state index contributed by atoms with van der Waals surface area (Å²) in [6.45, 7) is 5.76. The molecule has 1 saturated heterocycles. The highest BCUT2D eigenvalue weighted by Gasteiger charge is 2.24. The van der Waals surface area contributed by atoms with E-state index in [1.165, 1.54) is 30.5 Å². The molecule has 1 aromatic rings. The number of rotatable bonds is 2. The molecule has 21 heavy (non-hydrogen) atoms. The zero-order valence-corrected chi connectivity index (χ0v) is 12.8. The third kappa shape index (κ3) is 3.01. The minimum Gasteiger partial charge on any atom is -0.354 e. The van der Waals surface area contributed by atoms with Crippen LogP contribution in [0.3, 0.4) is 0 Å². The summed E-state index contributed by atoms with van der Waals surface area (Å²) in [6, 6.07) is 2.34. The molecule has 2 aliphatic rings. The van der Waals surface area contributed by atoms with Crippen molar-refractivity contribution in [3.63, 3.8) is 0 Å². The number of fused-ring (bicyclic) bond motifs is 1. The Morgan fingerprint density at radius 1 is 1.10 bits per heavy atom. The van der Waals surface area contributed by atoms with E-state index in [0.717, 1.165) is 44.8 Å². The Balaban J connectivity index is 1.75. The van der Waals surface area contributed by atoms with Gasteiger partial charge in [0, 0.05) is 37.4 Å². The Kier molecular flexibility index (Phi) is 4.35. The first-order valence-corrected chi connectivity index (χ1v) is 8.01. The van der Waals surface area contributed by atoms with Crippen LogP contribution in [0.15, 0.2) is 6.33 Å². The van der Waals surface area contributed by atoms with E-state index in [4.69, 9.17) is 5.26 Å². The van der Waals surface area contributed by atoms with Crippen molar-refractivity contribution in [2.24, 2.45) is 0 Å². The highest BCUT2D eigenvalue weighted by molar-refractivity contribution is 5.49. The maximum atomic E-state index is 9.03. The second-order valence-corrected chi connectivity index (χ2v) is 6.01. The van der Waals surface area contributed by atoms with E-state index in [2.05, 4.69) is 25.8 Å². The lowest BCUT2D eigenvalue weighted by molar-refractivity contribution is 0.231. The molecule has 1 aliphatic carbocycles. The molecule has 0 saturated carbocycles. The van der Waals surface area contributed by atoms with Crippen LogP contribution in [0.2, 0.25) is 0 Å². The summed E-state index contributed by atoms with van der Waals surface area (Å²) in [7, 11) is 0. The number of nitrogens with zero attached hydrogens (tertiary/aromatic N) is 5. The van der Waals surface area contributed by atoms with Gasteiger partial charge in [-0.1, -0.05) is 6.42 Å². The zero-order chi connectivity index (χ0) is 14.7. The van der Waals surface area contributed by atoms with Gasteiger partial charge in [0.2, 0.25) is 0 Å². The van der Waals surface area contributed by atoms with Crippen LogP contribution in [0.25, 0.3) is 0 Å². The van der Waals surface area contributed by atoms with Crippen molar-refractivity contribution in [1.82, 2.24) is 14.9 Å². The quantitative estimate of drug-likeness (QED) is 0.775. The molecular weight excluding hydrogens is 262 g/mol. The number of nitriles is 1.